The minimum absolute atomic E-state index is 0.0798. The Bertz CT molecular complexity index is 792. The van der Waals surface area contributed by atoms with Crippen molar-refractivity contribution in [3.8, 4) is 5.75 Å². The van der Waals surface area contributed by atoms with Crippen LogP contribution in [0.15, 0.2) is 35.0 Å². The zero-order chi connectivity index (χ0) is 19.2. The third-order valence-corrected chi connectivity index (χ3v) is 5.52. The van der Waals surface area contributed by atoms with Gasteiger partial charge in [-0.15, -0.1) is 0 Å². The Morgan fingerprint density at radius 1 is 1.26 bits per heavy atom. The van der Waals surface area contributed by atoms with Crippen molar-refractivity contribution >= 4 is 40.4 Å². The molecule has 144 valence electrons. The Kier molecular flexibility index (Phi) is 6.71. The second-order valence-corrected chi connectivity index (χ2v) is 7.54. The summed E-state index contributed by atoms with van der Waals surface area (Å²) in [6.07, 6.45) is 2.31. The summed E-state index contributed by atoms with van der Waals surface area (Å²) in [4.78, 5) is 26.9. The van der Waals surface area contributed by atoms with Crippen molar-refractivity contribution in [2.24, 2.45) is 0 Å². The maximum Gasteiger partial charge on any atom is 0.313 e. The summed E-state index contributed by atoms with van der Waals surface area (Å²) in [6, 6.07) is 6.98. The van der Waals surface area contributed by atoms with Crippen molar-refractivity contribution in [1.29, 1.82) is 0 Å². The first-order valence-electron chi connectivity index (χ1n) is 8.77. The quantitative estimate of drug-likeness (QED) is 0.721. The Morgan fingerprint density at radius 2 is 2.04 bits per heavy atom. The van der Waals surface area contributed by atoms with E-state index in [1.165, 1.54) is 12.7 Å². The van der Waals surface area contributed by atoms with E-state index in [-0.39, 0.29) is 6.04 Å². The normalized spacial score (nSPS) is 15.3. The summed E-state index contributed by atoms with van der Waals surface area (Å²) < 4.78 is 5.19. The highest BCUT2D eigenvalue weighted by Crippen LogP contribution is 2.28. The van der Waals surface area contributed by atoms with Crippen molar-refractivity contribution < 1.29 is 14.3 Å². The SMILES string of the molecule is COc1ccc(Cl)cc1NC(=O)C(=O)NCC(c1ccsc1)N1CCCC1. The number of carbonyl (C=O) groups is 2. The zero-order valence-corrected chi connectivity index (χ0v) is 16.6. The molecule has 2 heterocycles. The van der Waals surface area contributed by atoms with Crippen LogP contribution in [0.4, 0.5) is 5.69 Å². The summed E-state index contributed by atoms with van der Waals surface area (Å²) >= 11 is 7.59. The van der Waals surface area contributed by atoms with Crippen LogP contribution in [0.3, 0.4) is 0 Å². The third kappa shape index (κ3) is 5.00. The molecule has 1 saturated heterocycles. The van der Waals surface area contributed by atoms with Gasteiger partial charge in [-0.25, -0.2) is 0 Å². The van der Waals surface area contributed by atoms with E-state index in [9.17, 15) is 9.59 Å². The number of likely N-dealkylation sites (tertiary alicyclic amines) is 1. The lowest BCUT2D eigenvalue weighted by Crippen LogP contribution is -2.41. The van der Waals surface area contributed by atoms with Gasteiger partial charge in [0.05, 0.1) is 18.8 Å². The van der Waals surface area contributed by atoms with Gasteiger partial charge >= 0.3 is 11.8 Å². The number of nitrogens with zero attached hydrogens (tertiary/aromatic N) is 1. The number of carbonyl (C=O) groups excluding carboxylic acids is 2. The number of rotatable bonds is 6. The van der Waals surface area contributed by atoms with Gasteiger partial charge in [0.25, 0.3) is 0 Å². The lowest BCUT2D eigenvalue weighted by Gasteiger charge is -2.27. The van der Waals surface area contributed by atoms with Crippen molar-refractivity contribution in [3.05, 3.63) is 45.6 Å². The Labute approximate surface area is 167 Å². The summed E-state index contributed by atoms with van der Waals surface area (Å²) in [7, 11) is 1.49. The van der Waals surface area contributed by atoms with Crippen LogP contribution < -0.4 is 15.4 Å². The molecule has 2 aromatic rings. The molecule has 8 heteroatoms. The van der Waals surface area contributed by atoms with Gasteiger partial charge in [0, 0.05) is 11.6 Å². The van der Waals surface area contributed by atoms with Gasteiger partial charge < -0.3 is 15.4 Å². The number of hydrogen-bond donors (Lipinski definition) is 2. The fourth-order valence-corrected chi connectivity index (χ4v) is 4.08. The molecule has 1 aromatic carbocycles. The number of halogens is 1. The topological polar surface area (TPSA) is 70.7 Å². The van der Waals surface area contributed by atoms with E-state index >= 15 is 0 Å². The predicted molar refractivity (Wildman–Crippen MR) is 108 cm³/mol. The number of hydrogen-bond acceptors (Lipinski definition) is 5. The van der Waals surface area contributed by atoms with Crippen LogP contribution in [0.5, 0.6) is 5.75 Å². The lowest BCUT2D eigenvalue weighted by molar-refractivity contribution is -0.136. The van der Waals surface area contributed by atoms with E-state index in [0.29, 0.717) is 23.0 Å². The summed E-state index contributed by atoms with van der Waals surface area (Å²) in [5, 5.41) is 9.87. The molecule has 2 amide bonds. The number of methoxy groups -OCH3 is 1. The van der Waals surface area contributed by atoms with Crippen molar-refractivity contribution in [2.75, 3.05) is 32.1 Å². The molecule has 1 aliphatic heterocycles. The van der Waals surface area contributed by atoms with Crippen LogP contribution in [0.1, 0.15) is 24.4 Å². The molecule has 0 spiro atoms. The van der Waals surface area contributed by atoms with E-state index in [2.05, 4.69) is 27.0 Å². The molecule has 1 aliphatic rings. The van der Waals surface area contributed by atoms with Crippen LogP contribution in [0, 0.1) is 0 Å². The van der Waals surface area contributed by atoms with Crippen molar-refractivity contribution in [2.45, 2.75) is 18.9 Å². The number of nitrogens with one attached hydrogen (secondary N) is 2. The minimum atomic E-state index is -0.749. The van der Waals surface area contributed by atoms with Crippen LogP contribution in [-0.2, 0) is 9.59 Å². The molecule has 6 nitrogen and oxygen atoms in total. The van der Waals surface area contributed by atoms with Crippen molar-refractivity contribution in [3.63, 3.8) is 0 Å². The van der Waals surface area contributed by atoms with E-state index in [1.54, 1.807) is 29.5 Å². The number of amides is 2. The lowest BCUT2D eigenvalue weighted by atomic mass is 10.1. The second-order valence-electron chi connectivity index (χ2n) is 6.32. The highest BCUT2D eigenvalue weighted by Gasteiger charge is 2.25. The standard InChI is InChI=1S/C19H22ClN3O3S/c1-26-17-5-4-14(20)10-15(17)22-19(25)18(24)21-11-16(13-6-9-27-12-13)23-7-2-3-8-23/h4-6,9-10,12,16H,2-3,7-8,11H2,1H3,(H,21,24)(H,22,25). The Hall–Kier alpha value is -2.09. The first-order valence-corrected chi connectivity index (χ1v) is 10.1. The van der Waals surface area contributed by atoms with Gasteiger partial charge in [-0.3, -0.25) is 14.5 Å². The molecule has 1 fully saturated rings. The molecule has 0 radical (unpaired) electrons. The first kappa shape index (κ1) is 19.7. The monoisotopic (exact) mass is 407 g/mol. The van der Waals surface area contributed by atoms with Crippen LogP contribution in [-0.4, -0.2) is 43.5 Å². The largest absolute Gasteiger partial charge is 0.495 e. The van der Waals surface area contributed by atoms with Crippen LogP contribution in [0.2, 0.25) is 5.02 Å². The molecule has 0 aliphatic carbocycles. The van der Waals surface area contributed by atoms with Gasteiger partial charge in [-0.2, -0.15) is 11.3 Å². The van der Waals surface area contributed by atoms with Gasteiger partial charge in [0.1, 0.15) is 5.75 Å². The maximum absolute atomic E-state index is 12.3. The molecule has 0 bridgehead atoms. The molecular weight excluding hydrogens is 386 g/mol. The van der Waals surface area contributed by atoms with E-state index in [0.717, 1.165) is 25.9 Å². The van der Waals surface area contributed by atoms with E-state index < -0.39 is 11.8 Å². The molecule has 0 saturated carbocycles. The first-order chi connectivity index (χ1) is 13.1. The molecular formula is C19H22ClN3O3S. The van der Waals surface area contributed by atoms with Gasteiger partial charge in [-0.1, -0.05) is 11.6 Å². The summed E-state index contributed by atoms with van der Waals surface area (Å²) in [6.45, 7) is 2.39. The Balaban J connectivity index is 1.62. The molecule has 2 N–H and O–H groups in total. The highest BCUT2D eigenvalue weighted by atomic mass is 35.5. The minimum Gasteiger partial charge on any atom is -0.495 e. The van der Waals surface area contributed by atoms with Crippen molar-refractivity contribution in [1.82, 2.24) is 10.2 Å². The molecule has 3 rings (SSSR count). The third-order valence-electron chi connectivity index (χ3n) is 4.58. The number of thiophene rings is 1. The van der Waals surface area contributed by atoms with E-state index in [4.69, 9.17) is 16.3 Å². The number of benzene rings is 1. The fourth-order valence-electron chi connectivity index (χ4n) is 3.20. The van der Waals surface area contributed by atoms with Crippen LogP contribution in [0.25, 0.3) is 0 Å². The molecule has 1 atom stereocenters. The average Bonchev–Trinajstić information content (AvgIpc) is 3.36. The molecule has 1 unspecified atom stereocenters. The fraction of sp³-hybridized carbons (Fsp3) is 0.368. The average molecular weight is 408 g/mol. The zero-order valence-electron chi connectivity index (χ0n) is 15.0. The highest BCUT2D eigenvalue weighted by molar-refractivity contribution is 7.08. The summed E-state index contributed by atoms with van der Waals surface area (Å²) in [5.74, 6) is -0.994. The smallest absolute Gasteiger partial charge is 0.313 e. The van der Waals surface area contributed by atoms with Gasteiger partial charge in [-0.05, 0) is 66.5 Å². The number of anilines is 1. The Morgan fingerprint density at radius 3 is 2.70 bits per heavy atom. The molecule has 27 heavy (non-hydrogen) atoms. The maximum atomic E-state index is 12.3. The van der Waals surface area contributed by atoms with Gasteiger partial charge in [0.15, 0.2) is 0 Å². The molecule has 1 aromatic heterocycles. The summed E-state index contributed by atoms with van der Waals surface area (Å²) in [5.41, 5.74) is 1.53. The predicted octanol–water partition coefficient (Wildman–Crippen LogP) is 3.30. The second kappa shape index (κ2) is 9.21. The number of ether oxygens (including phenoxy) is 1. The van der Waals surface area contributed by atoms with Gasteiger partial charge in [0.2, 0.25) is 0 Å². The van der Waals surface area contributed by atoms with Crippen LogP contribution >= 0.6 is 22.9 Å². The van der Waals surface area contributed by atoms with E-state index in [1.807, 2.05) is 5.38 Å².